The van der Waals surface area contributed by atoms with E-state index in [-0.39, 0.29) is 41.1 Å². The van der Waals surface area contributed by atoms with Crippen LogP contribution in [-0.4, -0.2) is 49.7 Å². The van der Waals surface area contributed by atoms with Gasteiger partial charge < -0.3 is 9.64 Å². The summed E-state index contributed by atoms with van der Waals surface area (Å²) in [5.74, 6) is 0.793. The van der Waals surface area contributed by atoms with E-state index in [1.807, 2.05) is 26.8 Å². The highest BCUT2D eigenvalue weighted by molar-refractivity contribution is 7.89. The van der Waals surface area contributed by atoms with Crippen molar-refractivity contribution in [3.63, 3.8) is 0 Å². The zero-order valence-electron chi connectivity index (χ0n) is 18.3. The molecule has 1 aliphatic rings. The Labute approximate surface area is 194 Å². The smallest absolute Gasteiger partial charge is 0.246 e. The van der Waals surface area contributed by atoms with Gasteiger partial charge in [-0.15, -0.1) is 0 Å². The molecule has 0 bridgehead atoms. The Morgan fingerprint density at radius 3 is 2.44 bits per heavy atom. The van der Waals surface area contributed by atoms with Gasteiger partial charge in [-0.05, 0) is 54.8 Å². The molecule has 0 N–H and O–H groups in total. The predicted molar refractivity (Wildman–Crippen MR) is 122 cm³/mol. The number of sulfonamides is 1. The highest BCUT2D eigenvalue weighted by atomic mass is 35.5. The molecule has 1 aliphatic heterocycles. The molecule has 3 rings (SSSR count). The molecule has 0 aliphatic carbocycles. The Bertz CT molecular complexity index is 1130. The average Bonchev–Trinajstić information content (AvgIpc) is 2.73. The van der Waals surface area contributed by atoms with Crippen molar-refractivity contribution < 1.29 is 17.9 Å². The number of amides is 1. The normalized spacial score (nSPS) is 14.9. The van der Waals surface area contributed by atoms with Crippen molar-refractivity contribution in [3.05, 3.63) is 52.5 Å². The summed E-state index contributed by atoms with van der Waals surface area (Å²) in [5, 5.41) is 9.77. The van der Waals surface area contributed by atoms with Crippen LogP contribution in [0.15, 0.2) is 41.3 Å². The number of carbonyl (C=O) groups is 1. The van der Waals surface area contributed by atoms with Crippen LogP contribution in [0, 0.1) is 24.2 Å². The molecule has 0 aromatic heterocycles. The molecule has 1 saturated heterocycles. The predicted octanol–water partition coefficient (Wildman–Crippen LogP) is 4.19. The van der Waals surface area contributed by atoms with Gasteiger partial charge in [0, 0.05) is 37.6 Å². The molecule has 9 heteroatoms. The number of hydrogen-bond acceptors (Lipinski definition) is 5. The van der Waals surface area contributed by atoms with Crippen LogP contribution in [0.4, 0.5) is 0 Å². The summed E-state index contributed by atoms with van der Waals surface area (Å²) in [4.78, 5) is 13.9. The van der Waals surface area contributed by atoms with Crippen molar-refractivity contribution >= 4 is 27.5 Å². The van der Waals surface area contributed by atoms with Crippen LogP contribution in [0.3, 0.4) is 0 Å². The van der Waals surface area contributed by atoms with Gasteiger partial charge in [-0.2, -0.15) is 9.57 Å². The first kappa shape index (κ1) is 24.1. The minimum atomic E-state index is -3.95. The van der Waals surface area contributed by atoms with Crippen molar-refractivity contribution in [1.82, 2.24) is 9.21 Å². The molecule has 0 atom stereocenters. The number of halogens is 1. The van der Waals surface area contributed by atoms with E-state index in [2.05, 4.69) is 0 Å². The maximum Gasteiger partial charge on any atom is 0.246 e. The zero-order chi connectivity index (χ0) is 23.5. The molecule has 0 radical (unpaired) electrons. The number of rotatable bonds is 6. The number of benzene rings is 2. The minimum Gasteiger partial charge on any atom is -0.456 e. The SMILES string of the molecule is Cc1cc(Cl)cc(Oc2ccc(C#N)cc2S(=O)(=O)N2CCN(C(=O)CC(C)C)CC2)c1. The lowest BCUT2D eigenvalue weighted by Crippen LogP contribution is -2.50. The second-order valence-electron chi connectivity index (χ2n) is 8.22. The minimum absolute atomic E-state index is 0.0314. The Hall–Kier alpha value is -2.60. The lowest BCUT2D eigenvalue weighted by atomic mass is 10.1. The Balaban J connectivity index is 1.87. The second-order valence-corrected chi connectivity index (χ2v) is 10.6. The molecule has 7 nitrogen and oxygen atoms in total. The fraction of sp³-hybridized carbons (Fsp3) is 0.391. The molecule has 1 heterocycles. The van der Waals surface area contributed by atoms with Crippen molar-refractivity contribution in [2.45, 2.75) is 32.1 Å². The summed E-state index contributed by atoms with van der Waals surface area (Å²) >= 11 is 6.10. The summed E-state index contributed by atoms with van der Waals surface area (Å²) in [6.07, 6.45) is 0.438. The van der Waals surface area contributed by atoms with E-state index in [0.29, 0.717) is 30.3 Å². The number of ether oxygens (including phenoxy) is 1. The van der Waals surface area contributed by atoms with Gasteiger partial charge in [0.1, 0.15) is 16.4 Å². The van der Waals surface area contributed by atoms with Crippen molar-refractivity contribution in [1.29, 1.82) is 5.26 Å². The van der Waals surface area contributed by atoms with Gasteiger partial charge in [0.15, 0.2) is 0 Å². The maximum absolute atomic E-state index is 13.5. The summed E-state index contributed by atoms with van der Waals surface area (Å²) in [6, 6.07) is 11.4. The highest BCUT2D eigenvalue weighted by Gasteiger charge is 2.32. The molecular weight excluding hydrogens is 450 g/mol. The van der Waals surface area contributed by atoms with E-state index in [0.717, 1.165) is 5.56 Å². The summed E-state index contributed by atoms with van der Waals surface area (Å²) in [7, 11) is -3.95. The van der Waals surface area contributed by atoms with Crippen LogP contribution >= 0.6 is 11.6 Å². The molecule has 0 saturated carbocycles. The van der Waals surface area contributed by atoms with Crippen molar-refractivity contribution in [2.75, 3.05) is 26.2 Å². The lowest BCUT2D eigenvalue weighted by molar-refractivity contribution is -0.133. The van der Waals surface area contributed by atoms with Crippen LogP contribution < -0.4 is 4.74 Å². The number of nitriles is 1. The Morgan fingerprint density at radius 1 is 1.16 bits per heavy atom. The third kappa shape index (κ3) is 5.60. The standard InChI is InChI=1S/C23H26ClN3O4S/c1-16(2)10-23(28)26-6-8-27(9-7-26)32(29,30)22-13-18(15-25)4-5-21(22)31-20-12-17(3)11-19(24)14-20/h4-5,11-14,16H,6-10H2,1-3H3. The van der Waals surface area contributed by atoms with E-state index >= 15 is 0 Å². The van der Waals surface area contributed by atoms with Gasteiger partial charge >= 0.3 is 0 Å². The maximum atomic E-state index is 13.5. The molecule has 0 unspecified atom stereocenters. The van der Waals surface area contributed by atoms with Crippen molar-refractivity contribution in [3.8, 4) is 17.6 Å². The number of carbonyl (C=O) groups excluding carboxylic acids is 1. The summed E-state index contributed by atoms with van der Waals surface area (Å²) in [6.45, 7) is 6.82. The second kappa shape index (κ2) is 9.90. The third-order valence-electron chi connectivity index (χ3n) is 5.11. The number of aryl methyl sites for hydroxylation is 1. The van der Waals surface area contributed by atoms with Crippen LogP contribution in [0.1, 0.15) is 31.4 Å². The number of nitrogens with zero attached hydrogens (tertiary/aromatic N) is 3. The van der Waals surface area contributed by atoms with Gasteiger partial charge in [0.05, 0.1) is 11.6 Å². The molecule has 2 aromatic rings. The molecular formula is C23H26ClN3O4S. The Kier molecular flexibility index (Phi) is 7.44. The first-order valence-electron chi connectivity index (χ1n) is 10.4. The van der Waals surface area contributed by atoms with Crippen LogP contribution in [0.2, 0.25) is 5.02 Å². The molecule has 32 heavy (non-hydrogen) atoms. The fourth-order valence-electron chi connectivity index (χ4n) is 3.55. The van der Waals surface area contributed by atoms with Gasteiger partial charge in [-0.25, -0.2) is 8.42 Å². The molecule has 0 spiro atoms. The number of piperazine rings is 1. The average molecular weight is 476 g/mol. The summed E-state index contributed by atoms with van der Waals surface area (Å²) < 4.78 is 34.1. The first-order chi connectivity index (χ1) is 15.1. The van der Waals surface area contributed by atoms with E-state index in [1.165, 1.54) is 22.5 Å². The Morgan fingerprint density at radius 2 is 1.84 bits per heavy atom. The van der Waals surface area contributed by atoms with E-state index < -0.39 is 10.0 Å². The molecule has 170 valence electrons. The third-order valence-corrected chi connectivity index (χ3v) is 7.25. The van der Waals surface area contributed by atoms with Crippen LogP contribution in [0.25, 0.3) is 0 Å². The van der Waals surface area contributed by atoms with E-state index in [9.17, 15) is 18.5 Å². The zero-order valence-corrected chi connectivity index (χ0v) is 19.9. The summed E-state index contributed by atoms with van der Waals surface area (Å²) in [5.41, 5.74) is 1.08. The van der Waals surface area contributed by atoms with E-state index in [1.54, 1.807) is 23.1 Å². The molecule has 1 fully saturated rings. The lowest BCUT2D eigenvalue weighted by Gasteiger charge is -2.34. The van der Waals surface area contributed by atoms with Crippen LogP contribution in [-0.2, 0) is 14.8 Å². The largest absolute Gasteiger partial charge is 0.456 e. The van der Waals surface area contributed by atoms with Crippen LogP contribution in [0.5, 0.6) is 11.5 Å². The fourth-order valence-corrected chi connectivity index (χ4v) is 5.39. The van der Waals surface area contributed by atoms with Crippen molar-refractivity contribution in [2.24, 2.45) is 5.92 Å². The van der Waals surface area contributed by atoms with E-state index in [4.69, 9.17) is 16.3 Å². The van der Waals surface area contributed by atoms with Gasteiger partial charge in [0.25, 0.3) is 0 Å². The topological polar surface area (TPSA) is 90.7 Å². The quantitative estimate of drug-likeness (QED) is 0.624. The van der Waals surface area contributed by atoms with Gasteiger partial charge in [-0.1, -0.05) is 25.4 Å². The van der Waals surface area contributed by atoms with Gasteiger partial charge in [0.2, 0.25) is 15.9 Å². The molecule has 1 amide bonds. The molecule has 2 aromatic carbocycles. The van der Waals surface area contributed by atoms with Gasteiger partial charge in [-0.3, -0.25) is 4.79 Å². The monoisotopic (exact) mass is 475 g/mol. The number of hydrogen-bond donors (Lipinski definition) is 0. The highest BCUT2D eigenvalue weighted by Crippen LogP contribution is 2.33. The first-order valence-corrected chi connectivity index (χ1v) is 12.2.